The van der Waals surface area contributed by atoms with E-state index in [1.165, 1.54) is 24.3 Å². The normalized spacial score (nSPS) is 21.2. The van der Waals surface area contributed by atoms with Crippen molar-refractivity contribution in [3.63, 3.8) is 0 Å². The summed E-state index contributed by atoms with van der Waals surface area (Å²) in [5, 5.41) is 0. The first-order chi connectivity index (χ1) is 12.2. The van der Waals surface area contributed by atoms with Gasteiger partial charge in [-0.05, 0) is 49.9 Å². The van der Waals surface area contributed by atoms with Gasteiger partial charge in [0, 0.05) is 5.69 Å². The minimum Gasteiger partial charge on any atom is -0.429 e. The summed E-state index contributed by atoms with van der Waals surface area (Å²) < 4.78 is 43.5. The van der Waals surface area contributed by atoms with Gasteiger partial charge in [-0.1, -0.05) is 18.0 Å². The summed E-state index contributed by atoms with van der Waals surface area (Å²) in [6.45, 7) is 0. The zero-order valence-electron chi connectivity index (χ0n) is 13.8. The maximum atomic E-state index is 13.3. The van der Waals surface area contributed by atoms with Gasteiger partial charge in [-0.3, -0.25) is 4.90 Å². The molecular weight excluding hydrogens is 371 g/mol. The van der Waals surface area contributed by atoms with Crippen LogP contribution in [0.15, 0.2) is 34.3 Å². The van der Waals surface area contributed by atoms with Gasteiger partial charge in [0.1, 0.15) is 11.4 Å². The van der Waals surface area contributed by atoms with E-state index in [-0.39, 0.29) is 17.7 Å². The molecular formula is C16H19ClF3N5O. The van der Waals surface area contributed by atoms with E-state index in [0.717, 1.165) is 32.1 Å². The molecule has 26 heavy (non-hydrogen) atoms. The SMILES string of the molecule is NC1=NC2(CCCCC2)N(c2ccc(OC(F)(F)C(F)Cl)cc2)C(N)=N1. The highest BCUT2D eigenvalue weighted by Gasteiger charge is 2.43. The number of nitrogens with two attached hydrogens (primary N) is 2. The van der Waals surface area contributed by atoms with Crippen LogP contribution in [0.1, 0.15) is 32.1 Å². The van der Waals surface area contributed by atoms with Crippen LogP contribution in [0.25, 0.3) is 0 Å². The van der Waals surface area contributed by atoms with Crippen molar-refractivity contribution < 1.29 is 17.9 Å². The van der Waals surface area contributed by atoms with E-state index in [1.807, 2.05) is 0 Å². The molecule has 1 heterocycles. The van der Waals surface area contributed by atoms with Crippen LogP contribution < -0.4 is 21.1 Å². The molecule has 1 aliphatic carbocycles. The van der Waals surface area contributed by atoms with Crippen LogP contribution in [0.5, 0.6) is 5.75 Å². The van der Waals surface area contributed by atoms with Gasteiger partial charge in [0.05, 0.1) is 0 Å². The third-order valence-electron chi connectivity index (χ3n) is 4.45. The summed E-state index contributed by atoms with van der Waals surface area (Å²) in [7, 11) is 0. The second-order valence-electron chi connectivity index (χ2n) is 6.28. The number of alkyl halides is 4. The number of rotatable bonds is 4. The molecule has 1 saturated carbocycles. The Balaban J connectivity index is 1.88. The summed E-state index contributed by atoms with van der Waals surface area (Å²) in [5.74, 6) is 0.0783. The molecule has 6 nitrogen and oxygen atoms in total. The molecule has 142 valence electrons. The summed E-state index contributed by atoms with van der Waals surface area (Å²) in [4.78, 5) is 10.3. The molecule has 0 aromatic heterocycles. The minimum atomic E-state index is -4.13. The molecule has 0 radical (unpaired) electrons. The molecule has 1 aromatic rings. The number of aliphatic imine (C=N–C) groups is 2. The van der Waals surface area contributed by atoms with E-state index in [2.05, 4.69) is 14.7 Å². The molecule has 1 aliphatic heterocycles. The van der Waals surface area contributed by atoms with Crippen LogP contribution in [0.4, 0.5) is 18.9 Å². The maximum Gasteiger partial charge on any atom is 0.444 e. The first-order valence-corrected chi connectivity index (χ1v) is 8.62. The quantitative estimate of drug-likeness (QED) is 0.773. The smallest absolute Gasteiger partial charge is 0.429 e. The van der Waals surface area contributed by atoms with E-state index in [4.69, 9.17) is 23.1 Å². The van der Waals surface area contributed by atoms with Crippen LogP contribution in [0.2, 0.25) is 0 Å². The molecule has 1 spiro atoms. The number of hydrogen-bond donors (Lipinski definition) is 2. The van der Waals surface area contributed by atoms with Crippen molar-refractivity contribution in [2.75, 3.05) is 4.90 Å². The van der Waals surface area contributed by atoms with Crippen LogP contribution in [-0.2, 0) is 0 Å². The van der Waals surface area contributed by atoms with Gasteiger partial charge in [-0.2, -0.15) is 13.8 Å². The van der Waals surface area contributed by atoms with Crippen LogP contribution in [0, 0.1) is 0 Å². The Bertz CT molecular complexity index is 717. The highest BCUT2D eigenvalue weighted by atomic mass is 35.5. The van der Waals surface area contributed by atoms with E-state index >= 15 is 0 Å². The molecule has 1 atom stereocenters. The lowest BCUT2D eigenvalue weighted by Gasteiger charge is -2.45. The molecule has 10 heteroatoms. The van der Waals surface area contributed by atoms with Gasteiger partial charge in [-0.15, -0.1) is 0 Å². The fourth-order valence-corrected chi connectivity index (χ4v) is 3.40. The average molecular weight is 390 g/mol. The second-order valence-corrected chi connectivity index (χ2v) is 6.66. The second kappa shape index (κ2) is 6.86. The number of hydrogen-bond acceptors (Lipinski definition) is 6. The van der Waals surface area contributed by atoms with Crippen molar-refractivity contribution in [2.24, 2.45) is 21.5 Å². The Morgan fingerprint density at radius 2 is 1.77 bits per heavy atom. The van der Waals surface area contributed by atoms with E-state index in [0.29, 0.717) is 5.69 Å². The zero-order chi connectivity index (χ0) is 18.9. The number of anilines is 1. The van der Waals surface area contributed by atoms with E-state index < -0.39 is 17.4 Å². The third-order valence-corrected chi connectivity index (χ3v) is 4.71. The summed E-state index contributed by atoms with van der Waals surface area (Å²) in [5.41, 5.74) is 8.89. The van der Waals surface area contributed by atoms with Gasteiger partial charge in [-0.25, -0.2) is 9.38 Å². The molecule has 1 unspecified atom stereocenters. The first-order valence-electron chi connectivity index (χ1n) is 8.18. The van der Waals surface area contributed by atoms with Crippen LogP contribution >= 0.6 is 11.6 Å². The number of ether oxygens (including phenoxy) is 1. The number of halogens is 4. The predicted octanol–water partition coefficient (Wildman–Crippen LogP) is 3.30. The van der Waals surface area contributed by atoms with Crippen molar-refractivity contribution in [1.82, 2.24) is 0 Å². The fraction of sp³-hybridized carbons (Fsp3) is 0.500. The van der Waals surface area contributed by atoms with Crippen LogP contribution in [-0.4, -0.2) is 29.3 Å². The lowest BCUT2D eigenvalue weighted by atomic mass is 9.87. The zero-order valence-corrected chi connectivity index (χ0v) is 14.6. The summed E-state index contributed by atoms with van der Waals surface area (Å²) >= 11 is 4.79. The van der Waals surface area contributed by atoms with Crippen molar-refractivity contribution in [2.45, 2.75) is 49.5 Å². The molecule has 3 rings (SSSR count). The highest BCUT2D eigenvalue weighted by molar-refractivity contribution is 6.20. The van der Waals surface area contributed by atoms with Crippen LogP contribution in [0.3, 0.4) is 0 Å². The van der Waals surface area contributed by atoms with Crippen molar-refractivity contribution in [3.8, 4) is 5.75 Å². The third kappa shape index (κ3) is 3.53. The number of guanidine groups is 2. The van der Waals surface area contributed by atoms with Crippen molar-refractivity contribution in [3.05, 3.63) is 24.3 Å². The van der Waals surface area contributed by atoms with Gasteiger partial charge in [0.2, 0.25) is 11.9 Å². The van der Waals surface area contributed by atoms with Gasteiger partial charge < -0.3 is 16.2 Å². The Morgan fingerprint density at radius 1 is 1.15 bits per heavy atom. The monoisotopic (exact) mass is 389 g/mol. The Hall–Kier alpha value is -2.16. The standard InChI is InChI=1S/C16H19ClF3N5O/c17-12(18)16(19,20)26-11-6-4-10(5-7-11)25-14(22)23-13(21)24-15(25)8-2-1-3-9-15/h4-7,12H,1-3,8-9H2,(H4,21,22,23,24). The summed E-state index contributed by atoms with van der Waals surface area (Å²) in [6.07, 6.45) is 0.375. The lowest BCUT2D eigenvalue weighted by molar-refractivity contribution is -0.199. The molecule has 0 amide bonds. The van der Waals surface area contributed by atoms with E-state index in [9.17, 15) is 13.2 Å². The highest BCUT2D eigenvalue weighted by Crippen LogP contribution is 2.40. The minimum absolute atomic E-state index is 0.122. The molecule has 1 aromatic carbocycles. The maximum absolute atomic E-state index is 13.3. The van der Waals surface area contributed by atoms with E-state index in [1.54, 1.807) is 4.90 Å². The molecule has 0 bridgehead atoms. The Labute approximate surface area is 153 Å². The largest absolute Gasteiger partial charge is 0.444 e. The number of nitrogens with zero attached hydrogens (tertiary/aromatic N) is 3. The molecule has 2 aliphatic rings. The topological polar surface area (TPSA) is 89.2 Å². The number of benzene rings is 1. The molecule has 4 N–H and O–H groups in total. The predicted molar refractivity (Wildman–Crippen MR) is 94.3 cm³/mol. The Morgan fingerprint density at radius 3 is 2.35 bits per heavy atom. The Kier molecular flexibility index (Phi) is 4.92. The average Bonchev–Trinajstić information content (AvgIpc) is 2.56. The van der Waals surface area contributed by atoms with Crippen molar-refractivity contribution >= 4 is 29.2 Å². The fourth-order valence-electron chi connectivity index (χ4n) is 3.36. The lowest BCUT2D eigenvalue weighted by Crippen LogP contribution is -2.58. The first kappa shape index (κ1) is 18.6. The van der Waals surface area contributed by atoms with Gasteiger partial charge >= 0.3 is 6.11 Å². The van der Waals surface area contributed by atoms with Gasteiger partial charge in [0.15, 0.2) is 0 Å². The molecule has 1 fully saturated rings. The van der Waals surface area contributed by atoms with Crippen molar-refractivity contribution in [1.29, 1.82) is 0 Å². The van der Waals surface area contributed by atoms with Gasteiger partial charge in [0.25, 0.3) is 5.63 Å². The molecule has 0 saturated heterocycles. The summed E-state index contributed by atoms with van der Waals surface area (Å²) in [6, 6.07) is 5.63.